The SMILES string of the molecule is CCCCCCCCCCCCCCN(C)CCCCCCCCCCCC. The third-order valence-corrected chi connectivity index (χ3v) is 6.29. The van der Waals surface area contributed by atoms with Crippen LogP contribution in [0.25, 0.3) is 0 Å². The minimum atomic E-state index is 1.31. The van der Waals surface area contributed by atoms with E-state index in [2.05, 4.69) is 25.8 Å². The number of unbranched alkanes of at least 4 members (excludes halogenated alkanes) is 20. The van der Waals surface area contributed by atoms with Crippen LogP contribution < -0.4 is 0 Å². The highest BCUT2D eigenvalue weighted by atomic mass is 15.1. The maximum absolute atomic E-state index is 2.57. The number of nitrogens with zero attached hydrogens (tertiary/aromatic N) is 1. The van der Waals surface area contributed by atoms with Crippen molar-refractivity contribution in [1.82, 2.24) is 4.90 Å². The maximum atomic E-state index is 2.57. The Kier molecular flexibility index (Phi) is 25.0. The molecule has 0 spiro atoms. The molecule has 0 heterocycles. The van der Waals surface area contributed by atoms with Crippen LogP contribution in [0.5, 0.6) is 0 Å². The maximum Gasteiger partial charge on any atom is -0.00218 e. The van der Waals surface area contributed by atoms with E-state index >= 15 is 0 Å². The summed E-state index contributed by atoms with van der Waals surface area (Å²) in [6, 6.07) is 0. The first-order valence-electron chi connectivity index (χ1n) is 13.5. The Morgan fingerprint density at radius 2 is 0.536 bits per heavy atom. The fourth-order valence-electron chi connectivity index (χ4n) is 4.20. The lowest BCUT2D eigenvalue weighted by atomic mass is 10.1. The van der Waals surface area contributed by atoms with E-state index in [1.807, 2.05) is 0 Å². The molecule has 0 saturated heterocycles. The Hall–Kier alpha value is -0.0400. The van der Waals surface area contributed by atoms with Gasteiger partial charge in [-0.05, 0) is 33.0 Å². The molecule has 0 aromatic heterocycles. The first kappa shape index (κ1) is 28.0. The van der Waals surface area contributed by atoms with Crippen molar-refractivity contribution >= 4 is 0 Å². The summed E-state index contributed by atoms with van der Waals surface area (Å²) in [4.78, 5) is 2.57. The molecule has 0 atom stereocenters. The van der Waals surface area contributed by atoms with E-state index in [-0.39, 0.29) is 0 Å². The van der Waals surface area contributed by atoms with Crippen LogP contribution in [0, 0.1) is 0 Å². The monoisotopic (exact) mass is 395 g/mol. The summed E-state index contributed by atoms with van der Waals surface area (Å²) in [7, 11) is 2.33. The van der Waals surface area contributed by atoms with Gasteiger partial charge in [0.25, 0.3) is 0 Å². The van der Waals surface area contributed by atoms with E-state index < -0.39 is 0 Å². The van der Waals surface area contributed by atoms with E-state index in [1.54, 1.807) is 0 Å². The van der Waals surface area contributed by atoms with Crippen LogP contribution in [0.15, 0.2) is 0 Å². The highest BCUT2D eigenvalue weighted by Crippen LogP contribution is 2.13. The highest BCUT2D eigenvalue weighted by molar-refractivity contribution is 4.55. The van der Waals surface area contributed by atoms with Gasteiger partial charge in [-0.25, -0.2) is 0 Å². The molecule has 0 amide bonds. The second kappa shape index (κ2) is 25.0. The summed E-state index contributed by atoms with van der Waals surface area (Å²) in [6.07, 6.45) is 31.9. The summed E-state index contributed by atoms with van der Waals surface area (Å²) in [6.45, 7) is 7.23. The van der Waals surface area contributed by atoms with Gasteiger partial charge in [0.2, 0.25) is 0 Å². The van der Waals surface area contributed by atoms with Crippen LogP contribution in [0.1, 0.15) is 155 Å². The predicted octanol–water partition coefficient (Wildman–Crippen LogP) is 9.54. The number of rotatable bonds is 24. The van der Waals surface area contributed by atoms with Crippen molar-refractivity contribution < 1.29 is 0 Å². The normalized spacial score (nSPS) is 11.6. The largest absolute Gasteiger partial charge is 0.306 e. The second-order valence-electron chi connectivity index (χ2n) is 9.37. The Labute approximate surface area is 180 Å². The lowest BCUT2D eigenvalue weighted by Gasteiger charge is -2.16. The summed E-state index contributed by atoms with van der Waals surface area (Å²) in [5, 5.41) is 0. The van der Waals surface area contributed by atoms with Gasteiger partial charge in [-0.2, -0.15) is 0 Å². The Morgan fingerprint density at radius 3 is 0.786 bits per heavy atom. The zero-order valence-corrected chi connectivity index (χ0v) is 20.4. The Balaban J connectivity index is 3.12. The molecule has 0 rings (SSSR count). The third kappa shape index (κ3) is 24.0. The van der Waals surface area contributed by atoms with Gasteiger partial charge in [0, 0.05) is 0 Å². The first-order chi connectivity index (χ1) is 13.8. The lowest BCUT2D eigenvalue weighted by molar-refractivity contribution is 0.314. The zero-order chi connectivity index (χ0) is 20.5. The van der Waals surface area contributed by atoms with Gasteiger partial charge in [0.15, 0.2) is 0 Å². The smallest absolute Gasteiger partial charge is 0.00218 e. The van der Waals surface area contributed by atoms with E-state index in [0.717, 1.165) is 0 Å². The molecule has 1 nitrogen and oxygen atoms in total. The minimum Gasteiger partial charge on any atom is -0.306 e. The topological polar surface area (TPSA) is 3.24 Å². The summed E-state index contributed by atoms with van der Waals surface area (Å²) < 4.78 is 0. The van der Waals surface area contributed by atoms with Gasteiger partial charge in [-0.1, -0.05) is 142 Å². The van der Waals surface area contributed by atoms with Crippen molar-refractivity contribution in [3.8, 4) is 0 Å². The molecule has 0 aliphatic heterocycles. The molecule has 170 valence electrons. The van der Waals surface area contributed by atoms with E-state index in [9.17, 15) is 0 Å². The third-order valence-electron chi connectivity index (χ3n) is 6.29. The molecule has 0 aliphatic carbocycles. The van der Waals surface area contributed by atoms with Crippen molar-refractivity contribution in [2.45, 2.75) is 155 Å². The van der Waals surface area contributed by atoms with Gasteiger partial charge in [0.05, 0.1) is 0 Å². The molecular weight excluding hydrogens is 338 g/mol. The van der Waals surface area contributed by atoms with Crippen LogP contribution in [0.4, 0.5) is 0 Å². The fourth-order valence-corrected chi connectivity index (χ4v) is 4.20. The van der Waals surface area contributed by atoms with Crippen LogP contribution >= 0.6 is 0 Å². The fraction of sp³-hybridized carbons (Fsp3) is 1.00. The van der Waals surface area contributed by atoms with Crippen molar-refractivity contribution in [2.24, 2.45) is 0 Å². The molecule has 1 heteroatoms. The molecule has 0 unspecified atom stereocenters. The first-order valence-corrected chi connectivity index (χ1v) is 13.5. The van der Waals surface area contributed by atoms with Gasteiger partial charge < -0.3 is 4.90 Å². The average molecular weight is 396 g/mol. The van der Waals surface area contributed by atoms with Crippen LogP contribution in [-0.4, -0.2) is 25.0 Å². The van der Waals surface area contributed by atoms with Gasteiger partial charge in [-0.3, -0.25) is 0 Å². The molecule has 0 saturated carbocycles. The predicted molar refractivity (Wildman–Crippen MR) is 130 cm³/mol. The molecule has 0 aromatic rings. The molecule has 0 aliphatic rings. The van der Waals surface area contributed by atoms with Crippen LogP contribution in [0.2, 0.25) is 0 Å². The molecule has 0 aromatic carbocycles. The molecule has 0 fully saturated rings. The van der Waals surface area contributed by atoms with Crippen LogP contribution in [-0.2, 0) is 0 Å². The molecule has 0 bridgehead atoms. The second-order valence-corrected chi connectivity index (χ2v) is 9.37. The lowest BCUT2D eigenvalue weighted by Crippen LogP contribution is -2.20. The highest BCUT2D eigenvalue weighted by Gasteiger charge is 1.99. The van der Waals surface area contributed by atoms with Crippen molar-refractivity contribution in [1.29, 1.82) is 0 Å². The summed E-state index contributed by atoms with van der Waals surface area (Å²) in [5.41, 5.74) is 0. The van der Waals surface area contributed by atoms with Gasteiger partial charge in [0.1, 0.15) is 0 Å². The summed E-state index contributed by atoms with van der Waals surface area (Å²) in [5.74, 6) is 0. The average Bonchev–Trinajstić information content (AvgIpc) is 2.70. The molecule has 0 radical (unpaired) electrons. The number of hydrogen-bond donors (Lipinski definition) is 0. The minimum absolute atomic E-state index is 1.31. The van der Waals surface area contributed by atoms with E-state index in [4.69, 9.17) is 0 Å². The molecule has 0 N–H and O–H groups in total. The molecular formula is C27H57N. The van der Waals surface area contributed by atoms with Crippen LogP contribution in [0.3, 0.4) is 0 Å². The zero-order valence-electron chi connectivity index (χ0n) is 20.4. The van der Waals surface area contributed by atoms with Gasteiger partial charge in [-0.15, -0.1) is 0 Å². The Morgan fingerprint density at radius 1 is 0.321 bits per heavy atom. The quantitative estimate of drug-likeness (QED) is 0.147. The van der Waals surface area contributed by atoms with Crippen molar-refractivity contribution in [3.05, 3.63) is 0 Å². The summed E-state index contributed by atoms with van der Waals surface area (Å²) >= 11 is 0. The van der Waals surface area contributed by atoms with E-state index in [1.165, 1.54) is 154 Å². The van der Waals surface area contributed by atoms with Crippen molar-refractivity contribution in [3.63, 3.8) is 0 Å². The van der Waals surface area contributed by atoms with E-state index in [0.29, 0.717) is 0 Å². The number of hydrogen-bond acceptors (Lipinski definition) is 1. The molecule has 28 heavy (non-hydrogen) atoms. The standard InChI is InChI=1S/C27H57N/c1-4-6-8-10-12-14-16-17-19-21-23-25-27-28(3)26-24-22-20-18-15-13-11-9-7-5-2/h4-27H2,1-3H3. The Bertz CT molecular complexity index is 263. The van der Waals surface area contributed by atoms with Crippen molar-refractivity contribution in [2.75, 3.05) is 20.1 Å². The van der Waals surface area contributed by atoms with Gasteiger partial charge >= 0.3 is 0 Å².